The lowest BCUT2D eigenvalue weighted by Crippen LogP contribution is -2.31. The molecule has 1 N–H and O–H groups in total. The number of carbonyl (C=O) groups excluding carboxylic acids is 2. The number of aromatic nitrogens is 4. The van der Waals surface area contributed by atoms with Gasteiger partial charge < -0.3 is 4.74 Å². The zero-order valence-electron chi connectivity index (χ0n) is 16.7. The minimum Gasteiger partial charge on any atom is -0.451 e. The number of amides is 1. The Morgan fingerprint density at radius 3 is 2.88 bits per heavy atom. The molecular formula is C20H16N6O5S. The maximum atomic E-state index is 12.4. The Morgan fingerprint density at radius 2 is 2.06 bits per heavy atom. The third-order valence-electron chi connectivity index (χ3n) is 4.46. The number of ether oxygens (including phenoxy) is 1. The van der Waals surface area contributed by atoms with Crippen molar-refractivity contribution in [3.63, 3.8) is 0 Å². The topological polar surface area (TPSA) is 142 Å². The highest BCUT2D eigenvalue weighted by molar-refractivity contribution is 7.14. The third-order valence-corrected chi connectivity index (χ3v) is 5.22. The standard InChI is InChI=1S/C20H16N6O5S/c1-12(31-18(27)10-25-17-8-3-2-7-15(17)23-24-25)19(28)22-20-21-16(11-32-20)13-5-4-6-14(9-13)26(29)30/h2-9,11-12H,10H2,1H3,(H,21,22,28). The van der Waals surface area contributed by atoms with Crippen LogP contribution in [0.1, 0.15) is 6.92 Å². The molecular weight excluding hydrogens is 436 g/mol. The first-order valence-corrected chi connectivity index (χ1v) is 10.3. The first kappa shape index (κ1) is 21.1. The Labute approximate surface area is 184 Å². The zero-order chi connectivity index (χ0) is 22.7. The summed E-state index contributed by atoms with van der Waals surface area (Å²) >= 11 is 1.15. The molecule has 4 rings (SSSR count). The van der Waals surface area contributed by atoms with E-state index in [0.717, 1.165) is 11.3 Å². The van der Waals surface area contributed by atoms with Crippen LogP contribution in [0.3, 0.4) is 0 Å². The van der Waals surface area contributed by atoms with E-state index >= 15 is 0 Å². The number of benzene rings is 2. The van der Waals surface area contributed by atoms with Crippen LogP contribution in [0.4, 0.5) is 10.8 Å². The summed E-state index contributed by atoms with van der Waals surface area (Å²) in [6.07, 6.45) is -1.07. The van der Waals surface area contributed by atoms with E-state index in [4.69, 9.17) is 4.74 Å². The monoisotopic (exact) mass is 452 g/mol. The van der Waals surface area contributed by atoms with Crippen molar-refractivity contribution in [2.24, 2.45) is 0 Å². The molecule has 32 heavy (non-hydrogen) atoms. The Balaban J connectivity index is 1.36. The van der Waals surface area contributed by atoms with Crippen LogP contribution in [0.2, 0.25) is 0 Å². The second-order valence-corrected chi connectivity index (χ2v) is 7.56. The number of para-hydroxylation sites is 1. The predicted molar refractivity (Wildman–Crippen MR) is 116 cm³/mol. The minimum atomic E-state index is -1.07. The molecule has 2 aromatic carbocycles. The van der Waals surface area contributed by atoms with Crippen molar-refractivity contribution in [2.75, 3.05) is 5.32 Å². The number of esters is 1. The van der Waals surface area contributed by atoms with E-state index in [2.05, 4.69) is 20.6 Å². The van der Waals surface area contributed by atoms with Crippen LogP contribution in [0.5, 0.6) is 0 Å². The van der Waals surface area contributed by atoms with Gasteiger partial charge in [0.1, 0.15) is 12.1 Å². The fourth-order valence-electron chi connectivity index (χ4n) is 2.89. The van der Waals surface area contributed by atoms with Gasteiger partial charge in [0.25, 0.3) is 11.6 Å². The third kappa shape index (κ3) is 4.59. The van der Waals surface area contributed by atoms with Gasteiger partial charge >= 0.3 is 5.97 Å². The average molecular weight is 452 g/mol. The highest BCUT2D eigenvalue weighted by Crippen LogP contribution is 2.27. The van der Waals surface area contributed by atoms with Gasteiger partial charge in [0.05, 0.1) is 16.1 Å². The van der Waals surface area contributed by atoms with Gasteiger partial charge in [-0.3, -0.25) is 25.0 Å². The Kier molecular flexibility index (Phi) is 5.85. The van der Waals surface area contributed by atoms with E-state index in [1.165, 1.54) is 23.7 Å². The SMILES string of the molecule is CC(OC(=O)Cn1nnc2ccccc21)C(=O)Nc1nc(-c2cccc([N+](=O)[O-])c2)cs1. The van der Waals surface area contributed by atoms with E-state index < -0.39 is 22.9 Å². The van der Waals surface area contributed by atoms with Crippen molar-refractivity contribution in [1.82, 2.24) is 20.0 Å². The first-order chi connectivity index (χ1) is 15.4. The molecule has 2 heterocycles. The number of nitro groups is 1. The number of nitro benzene ring substituents is 1. The summed E-state index contributed by atoms with van der Waals surface area (Å²) in [5.41, 5.74) is 2.31. The van der Waals surface area contributed by atoms with Crippen LogP contribution in [0.25, 0.3) is 22.3 Å². The summed E-state index contributed by atoms with van der Waals surface area (Å²) < 4.78 is 6.60. The van der Waals surface area contributed by atoms with Gasteiger partial charge in [0.15, 0.2) is 11.2 Å². The summed E-state index contributed by atoms with van der Waals surface area (Å²) in [5.74, 6) is -1.19. The lowest BCUT2D eigenvalue weighted by Gasteiger charge is -2.12. The maximum Gasteiger partial charge on any atom is 0.328 e. The molecule has 11 nitrogen and oxygen atoms in total. The smallest absolute Gasteiger partial charge is 0.328 e. The van der Waals surface area contributed by atoms with Gasteiger partial charge in [-0.1, -0.05) is 29.5 Å². The second kappa shape index (κ2) is 8.89. The van der Waals surface area contributed by atoms with Gasteiger partial charge in [-0.15, -0.1) is 16.4 Å². The highest BCUT2D eigenvalue weighted by Gasteiger charge is 2.20. The van der Waals surface area contributed by atoms with Crippen molar-refractivity contribution < 1.29 is 19.2 Å². The molecule has 0 fully saturated rings. The zero-order valence-corrected chi connectivity index (χ0v) is 17.5. The number of nitrogens with one attached hydrogen (secondary N) is 1. The number of rotatable bonds is 7. The summed E-state index contributed by atoms with van der Waals surface area (Å²) in [7, 11) is 0. The molecule has 2 aromatic heterocycles. The molecule has 1 atom stereocenters. The number of non-ortho nitro benzene ring substituents is 1. The fraction of sp³-hybridized carbons (Fsp3) is 0.150. The van der Waals surface area contributed by atoms with Gasteiger partial charge in [-0.2, -0.15) is 0 Å². The largest absolute Gasteiger partial charge is 0.451 e. The quantitative estimate of drug-likeness (QED) is 0.256. The number of thiazole rings is 1. The van der Waals surface area contributed by atoms with Crippen molar-refractivity contribution in [3.8, 4) is 11.3 Å². The van der Waals surface area contributed by atoms with Crippen molar-refractivity contribution in [1.29, 1.82) is 0 Å². The molecule has 0 aliphatic rings. The maximum absolute atomic E-state index is 12.4. The number of hydrogen-bond acceptors (Lipinski definition) is 9. The summed E-state index contributed by atoms with van der Waals surface area (Å²) in [6.45, 7) is 1.26. The number of anilines is 1. The second-order valence-electron chi connectivity index (χ2n) is 6.70. The molecule has 0 radical (unpaired) electrons. The lowest BCUT2D eigenvalue weighted by atomic mass is 10.1. The number of carbonyl (C=O) groups is 2. The molecule has 0 saturated heterocycles. The molecule has 0 bridgehead atoms. The number of nitrogens with zero attached hydrogens (tertiary/aromatic N) is 5. The van der Waals surface area contributed by atoms with Crippen molar-refractivity contribution in [2.45, 2.75) is 19.6 Å². The van der Waals surface area contributed by atoms with E-state index in [1.54, 1.807) is 35.7 Å². The number of fused-ring (bicyclic) bond motifs is 1. The van der Waals surface area contributed by atoms with E-state index in [9.17, 15) is 19.7 Å². The Hall–Kier alpha value is -4.19. The van der Waals surface area contributed by atoms with Crippen molar-refractivity contribution >= 4 is 45.1 Å². The summed E-state index contributed by atoms with van der Waals surface area (Å²) in [4.78, 5) is 39.4. The predicted octanol–water partition coefficient (Wildman–Crippen LogP) is 3.03. The van der Waals surface area contributed by atoms with E-state index in [-0.39, 0.29) is 17.4 Å². The summed E-state index contributed by atoms with van der Waals surface area (Å²) in [6, 6.07) is 13.2. The molecule has 0 spiro atoms. The van der Waals surface area contributed by atoms with Gasteiger partial charge in [-0.05, 0) is 19.1 Å². The van der Waals surface area contributed by atoms with Crippen LogP contribution in [-0.4, -0.2) is 42.9 Å². The normalized spacial score (nSPS) is 11.8. The Morgan fingerprint density at radius 1 is 1.25 bits per heavy atom. The van der Waals surface area contributed by atoms with Crippen LogP contribution in [0, 0.1) is 10.1 Å². The fourth-order valence-corrected chi connectivity index (χ4v) is 3.62. The van der Waals surface area contributed by atoms with E-state index in [0.29, 0.717) is 22.3 Å². The Bertz CT molecular complexity index is 1320. The van der Waals surface area contributed by atoms with E-state index in [1.807, 2.05) is 6.07 Å². The number of hydrogen-bond donors (Lipinski definition) is 1. The molecule has 1 amide bonds. The first-order valence-electron chi connectivity index (χ1n) is 9.39. The van der Waals surface area contributed by atoms with Crippen LogP contribution in [0.15, 0.2) is 53.9 Å². The van der Waals surface area contributed by atoms with Crippen LogP contribution in [-0.2, 0) is 20.9 Å². The highest BCUT2D eigenvalue weighted by atomic mass is 32.1. The van der Waals surface area contributed by atoms with Crippen LogP contribution >= 0.6 is 11.3 Å². The molecule has 0 saturated carbocycles. The lowest BCUT2D eigenvalue weighted by molar-refractivity contribution is -0.384. The van der Waals surface area contributed by atoms with Crippen molar-refractivity contribution in [3.05, 3.63) is 64.0 Å². The molecule has 4 aromatic rings. The average Bonchev–Trinajstić information content (AvgIpc) is 3.41. The van der Waals surface area contributed by atoms with Gasteiger partial charge in [-0.25, -0.2) is 9.67 Å². The molecule has 12 heteroatoms. The molecule has 162 valence electrons. The molecule has 0 aliphatic carbocycles. The summed E-state index contributed by atoms with van der Waals surface area (Å²) in [5, 5.41) is 23.4. The van der Waals surface area contributed by atoms with Gasteiger partial charge in [0, 0.05) is 23.1 Å². The van der Waals surface area contributed by atoms with Crippen LogP contribution < -0.4 is 5.32 Å². The molecule has 1 unspecified atom stereocenters. The minimum absolute atomic E-state index is 0.0539. The molecule has 0 aliphatic heterocycles. The van der Waals surface area contributed by atoms with Gasteiger partial charge in [0.2, 0.25) is 0 Å².